The van der Waals surface area contributed by atoms with Crippen molar-refractivity contribution < 1.29 is 14.0 Å². The summed E-state index contributed by atoms with van der Waals surface area (Å²) in [6.07, 6.45) is 1.29. The third kappa shape index (κ3) is 3.71. The number of carbonyl (C=O) groups excluding carboxylic acids is 2. The van der Waals surface area contributed by atoms with E-state index in [0.717, 1.165) is 24.1 Å². The third-order valence-electron chi connectivity index (χ3n) is 5.16. The van der Waals surface area contributed by atoms with Crippen molar-refractivity contribution in [1.82, 2.24) is 10.2 Å². The van der Waals surface area contributed by atoms with E-state index in [1.54, 1.807) is 29.2 Å². The Labute approximate surface area is 162 Å². The van der Waals surface area contributed by atoms with Crippen molar-refractivity contribution in [3.63, 3.8) is 0 Å². The summed E-state index contributed by atoms with van der Waals surface area (Å²) in [6.45, 7) is 2.74. The summed E-state index contributed by atoms with van der Waals surface area (Å²) in [4.78, 5) is 26.4. The molecule has 1 saturated heterocycles. The zero-order valence-corrected chi connectivity index (χ0v) is 15.4. The van der Waals surface area contributed by atoms with Gasteiger partial charge in [0.25, 0.3) is 11.8 Å². The summed E-state index contributed by atoms with van der Waals surface area (Å²) in [5.74, 6) is -1.16. The fourth-order valence-corrected chi connectivity index (χ4v) is 3.68. The molecule has 0 aromatic heterocycles. The summed E-state index contributed by atoms with van der Waals surface area (Å²) in [5, 5.41) is 11.1. The highest BCUT2D eigenvalue weighted by atomic mass is 19.1. The van der Waals surface area contributed by atoms with Crippen LogP contribution in [0.15, 0.2) is 52.7 Å². The van der Waals surface area contributed by atoms with Gasteiger partial charge in [0.2, 0.25) is 0 Å². The molecule has 6 nitrogen and oxygen atoms in total. The molecule has 0 bridgehead atoms. The van der Waals surface area contributed by atoms with E-state index >= 15 is 0 Å². The van der Waals surface area contributed by atoms with Gasteiger partial charge in [-0.25, -0.2) is 4.39 Å². The molecule has 0 saturated carbocycles. The van der Waals surface area contributed by atoms with Crippen LogP contribution < -0.4 is 5.32 Å². The minimum Gasteiger partial charge on any atom is -0.337 e. The molecule has 0 spiro atoms. The predicted molar refractivity (Wildman–Crippen MR) is 102 cm³/mol. The summed E-state index contributed by atoms with van der Waals surface area (Å²) >= 11 is 0. The second kappa shape index (κ2) is 7.98. The van der Waals surface area contributed by atoms with Gasteiger partial charge in [-0.2, -0.15) is 5.11 Å². The first-order valence-electron chi connectivity index (χ1n) is 9.46. The topological polar surface area (TPSA) is 74.1 Å². The Balaban J connectivity index is 1.58. The molecule has 1 atom stereocenters. The van der Waals surface area contributed by atoms with Crippen LogP contribution in [0, 0.1) is 5.82 Å². The number of carbonyl (C=O) groups is 2. The molecular formula is C21H21FN4O2. The molecule has 2 aromatic rings. The van der Waals surface area contributed by atoms with E-state index in [1.165, 1.54) is 6.07 Å². The van der Waals surface area contributed by atoms with Gasteiger partial charge < -0.3 is 10.2 Å². The Morgan fingerprint density at radius 3 is 2.93 bits per heavy atom. The monoisotopic (exact) mass is 380 g/mol. The van der Waals surface area contributed by atoms with Gasteiger partial charge in [-0.05, 0) is 42.3 Å². The maximum Gasteiger partial charge on any atom is 0.295 e. The first-order chi connectivity index (χ1) is 13.6. The highest BCUT2D eigenvalue weighted by Crippen LogP contribution is 2.30. The van der Waals surface area contributed by atoms with E-state index < -0.39 is 5.82 Å². The normalized spacial score (nSPS) is 19.2. The quantitative estimate of drug-likeness (QED) is 0.889. The predicted octanol–water partition coefficient (Wildman–Crippen LogP) is 3.15. The number of halogens is 1. The molecule has 144 valence electrons. The van der Waals surface area contributed by atoms with Crippen molar-refractivity contribution in [3.05, 3.63) is 70.5 Å². The van der Waals surface area contributed by atoms with Crippen LogP contribution in [0.3, 0.4) is 0 Å². The molecule has 4 rings (SSSR count). The fourth-order valence-electron chi connectivity index (χ4n) is 3.68. The van der Waals surface area contributed by atoms with Gasteiger partial charge in [0.05, 0.1) is 5.56 Å². The molecule has 2 aliphatic heterocycles. The number of benzene rings is 2. The third-order valence-corrected chi connectivity index (χ3v) is 5.16. The molecule has 1 fully saturated rings. The standard InChI is InChI=1S/C21H21FN4O2/c22-18-7-6-14(12-17(18)21(28)26-10-3-8-23-9-11-26)13-19-15-4-1-2-5-16(15)20(27)25-24-19/h1-2,4-7,12,19,23H,3,8-11,13H2. The number of fused-ring (bicyclic) bond motifs is 1. The molecular weight excluding hydrogens is 359 g/mol. The first kappa shape index (κ1) is 18.4. The summed E-state index contributed by atoms with van der Waals surface area (Å²) < 4.78 is 14.4. The van der Waals surface area contributed by atoms with Gasteiger partial charge in [-0.3, -0.25) is 9.59 Å². The molecule has 2 aliphatic rings. The number of hydrogen-bond acceptors (Lipinski definition) is 4. The summed E-state index contributed by atoms with van der Waals surface area (Å²) in [7, 11) is 0. The van der Waals surface area contributed by atoms with Gasteiger partial charge >= 0.3 is 0 Å². The van der Waals surface area contributed by atoms with E-state index in [1.807, 2.05) is 12.1 Å². The second-order valence-electron chi connectivity index (χ2n) is 7.04. The number of amides is 2. The minimum absolute atomic E-state index is 0.0801. The molecule has 0 radical (unpaired) electrons. The van der Waals surface area contributed by atoms with E-state index in [2.05, 4.69) is 15.5 Å². The van der Waals surface area contributed by atoms with Gasteiger partial charge in [0, 0.05) is 31.6 Å². The SMILES string of the molecule is O=C1N=NC(Cc2ccc(F)c(C(=O)N3CCCNCC3)c2)c2ccccc21. The van der Waals surface area contributed by atoms with Crippen LogP contribution >= 0.6 is 0 Å². The lowest BCUT2D eigenvalue weighted by Crippen LogP contribution is -2.34. The van der Waals surface area contributed by atoms with E-state index in [9.17, 15) is 14.0 Å². The molecule has 1 unspecified atom stereocenters. The molecule has 2 amide bonds. The van der Waals surface area contributed by atoms with Gasteiger partial charge in [-0.1, -0.05) is 24.3 Å². The van der Waals surface area contributed by atoms with Crippen molar-refractivity contribution in [2.75, 3.05) is 26.2 Å². The van der Waals surface area contributed by atoms with Crippen molar-refractivity contribution in [3.8, 4) is 0 Å². The van der Waals surface area contributed by atoms with Crippen molar-refractivity contribution >= 4 is 11.8 Å². The Bertz CT molecular complexity index is 936. The maximum atomic E-state index is 14.4. The summed E-state index contributed by atoms with van der Waals surface area (Å²) in [6, 6.07) is 11.5. The largest absolute Gasteiger partial charge is 0.337 e. The number of hydrogen-bond donors (Lipinski definition) is 1. The van der Waals surface area contributed by atoms with Gasteiger partial charge in [-0.15, -0.1) is 5.11 Å². The van der Waals surface area contributed by atoms with Crippen LogP contribution in [0.5, 0.6) is 0 Å². The lowest BCUT2D eigenvalue weighted by atomic mass is 9.93. The van der Waals surface area contributed by atoms with Crippen molar-refractivity contribution in [1.29, 1.82) is 0 Å². The van der Waals surface area contributed by atoms with Crippen LogP contribution in [0.25, 0.3) is 0 Å². The van der Waals surface area contributed by atoms with Crippen LogP contribution in [0.1, 0.15) is 44.3 Å². The molecule has 28 heavy (non-hydrogen) atoms. The Morgan fingerprint density at radius 1 is 1.18 bits per heavy atom. The van der Waals surface area contributed by atoms with Crippen molar-refractivity contribution in [2.45, 2.75) is 18.9 Å². The van der Waals surface area contributed by atoms with Gasteiger partial charge in [0.1, 0.15) is 11.9 Å². The number of rotatable bonds is 3. The zero-order valence-electron chi connectivity index (χ0n) is 15.4. The Morgan fingerprint density at radius 2 is 2.04 bits per heavy atom. The molecule has 2 heterocycles. The van der Waals surface area contributed by atoms with Crippen LogP contribution in [-0.2, 0) is 6.42 Å². The zero-order chi connectivity index (χ0) is 19.5. The molecule has 7 heteroatoms. The van der Waals surface area contributed by atoms with Crippen LogP contribution in [-0.4, -0.2) is 42.9 Å². The van der Waals surface area contributed by atoms with Crippen LogP contribution in [0.2, 0.25) is 0 Å². The van der Waals surface area contributed by atoms with E-state index in [4.69, 9.17) is 0 Å². The Kier molecular flexibility index (Phi) is 5.25. The second-order valence-corrected chi connectivity index (χ2v) is 7.04. The average Bonchev–Trinajstić information content (AvgIpc) is 3.01. The average molecular weight is 380 g/mol. The van der Waals surface area contributed by atoms with E-state index in [-0.39, 0.29) is 23.4 Å². The molecule has 1 N–H and O–H groups in total. The van der Waals surface area contributed by atoms with E-state index in [0.29, 0.717) is 31.6 Å². The number of azo groups is 1. The minimum atomic E-state index is -0.521. The molecule has 2 aromatic carbocycles. The first-order valence-corrected chi connectivity index (χ1v) is 9.46. The lowest BCUT2D eigenvalue weighted by Gasteiger charge is -2.21. The smallest absolute Gasteiger partial charge is 0.295 e. The number of nitrogens with zero attached hydrogens (tertiary/aromatic N) is 3. The van der Waals surface area contributed by atoms with Crippen molar-refractivity contribution in [2.24, 2.45) is 10.2 Å². The van der Waals surface area contributed by atoms with Gasteiger partial charge in [0.15, 0.2) is 0 Å². The lowest BCUT2D eigenvalue weighted by molar-refractivity contribution is 0.0761. The maximum absolute atomic E-state index is 14.4. The summed E-state index contributed by atoms with van der Waals surface area (Å²) in [5.41, 5.74) is 2.21. The fraction of sp³-hybridized carbons (Fsp3) is 0.333. The highest BCUT2D eigenvalue weighted by Gasteiger charge is 2.25. The Hall–Kier alpha value is -2.93. The van der Waals surface area contributed by atoms with Crippen LogP contribution in [0.4, 0.5) is 4.39 Å². The number of nitrogens with one attached hydrogen (secondary N) is 1. The molecule has 0 aliphatic carbocycles. The highest BCUT2D eigenvalue weighted by molar-refractivity contribution is 5.97.